The number of fused-ring (bicyclic) bond motifs is 1. The Morgan fingerprint density at radius 3 is 2.89 bits per heavy atom. The summed E-state index contributed by atoms with van der Waals surface area (Å²) in [6.45, 7) is 2.00. The third kappa shape index (κ3) is 3.71. The van der Waals surface area contributed by atoms with E-state index in [-0.39, 0.29) is 18.7 Å². The molecule has 0 fully saturated rings. The van der Waals surface area contributed by atoms with E-state index < -0.39 is 11.7 Å². The molecular formula is C19H20FN7O. The number of halogens is 1. The Balaban J connectivity index is 1.85. The number of carbonyl (C=O) groups is 1. The molecule has 0 saturated carbocycles. The van der Waals surface area contributed by atoms with Crippen molar-refractivity contribution in [2.45, 2.75) is 19.9 Å². The zero-order chi connectivity index (χ0) is 20.3. The molecule has 0 unspecified atom stereocenters. The number of rotatable bonds is 6. The molecule has 8 nitrogen and oxygen atoms in total. The number of imidazole rings is 1. The average molecular weight is 381 g/mol. The zero-order valence-electron chi connectivity index (χ0n) is 15.6. The largest absolute Gasteiger partial charge is 0.382 e. The van der Waals surface area contributed by atoms with Crippen LogP contribution < -0.4 is 16.4 Å². The molecule has 0 radical (unpaired) electrons. The van der Waals surface area contributed by atoms with Gasteiger partial charge in [0.2, 0.25) is 0 Å². The lowest BCUT2D eigenvalue weighted by Gasteiger charge is -2.14. The maximum Gasteiger partial charge on any atom is 0.252 e. The quantitative estimate of drug-likeness (QED) is 0.562. The molecule has 3 rings (SSSR count). The van der Waals surface area contributed by atoms with Crippen molar-refractivity contribution in [1.82, 2.24) is 19.9 Å². The molecule has 2 heterocycles. The maximum absolute atomic E-state index is 14.7. The van der Waals surface area contributed by atoms with Gasteiger partial charge >= 0.3 is 0 Å². The number of benzene rings is 1. The summed E-state index contributed by atoms with van der Waals surface area (Å²) < 4.78 is 16.5. The lowest BCUT2D eigenvalue weighted by Crippen LogP contribution is -2.24. The molecule has 1 amide bonds. The Kier molecular flexibility index (Phi) is 5.40. The number of carbonyl (C=O) groups excluding carboxylic acids is 1. The van der Waals surface area contributed by atoms with E-state index in [1.807, 2.05) is 30.7 Å². The fraction of sp³-hybridized carbons (Fsp3) is 0.263. The van der Waals surface area contributed by atoms with Crippen molar-refractivity contribution < 1.29 is 9.18 Å². The number of hydrogen-bond donors (Lipinski definition) is 3. The second-order valence-corrected chi connectivity index (χ2v) is 6.26. The van der Waals surface area contributed by atoms with Gasteiger partial charge < -0.3 is 20.9 Å². The minimum atomic E-state index is -0.545. The summed E-state index contributed by atoms with van der Waals surface area (Å²) in [6.07, 6.45) is 2.18. The fourth-order valence-electron chi connectivity index (χ4n) is 2.97. The Bertz CT molecular complexity index is 1080. The van der Waals surface area contributed by atoms with Crippen molar-refractivity contribution >= 4 is 28.4 Å². The number of nitrogens with zero attached hydrogens (tertiary/aromatic N) is 4. The Labute approximate surface area is 161 Å². The van der Waals surface area contributed by atoms with Crippen LogP contribution in [0.5, 0.6) is 0 Å². The Morgan fingerprint density at radius 1 is 1.39 bits per heavy atom. The number of nitrogens with two attached hydrogens (primary N) is 1. The molecule has 0 spiro atoms. The van der Waals surface area contributed by atoms with Crippen molar-refractivity contribution in [3.8, 4) is 6.07 Å². The predicted octanol–water partition coefficient (Wildman–Crippen LogP) is 2.12. The van der Waals surface area contributed by atoms with E-state index in [1.54, 1.807) is 12.4 Å². The minimum Gasteiger partial charge on any atom is -0.382 e. The molecule has 2 aromatic heterocycles. The average Bonchev–Trinajstić information content (AvgIpc) is 3.06. The van der Waals surface area contributed by atoms with Gasteiger partial charge in [0.15, 0.2) is 5.82 Å². The second-order valence-electron chi connectivity index (χ2n) is 6.26. The Hall–Kier alpha value is -3.67. The van der Waals surface area contributed by atoms with Crippen LogP contribution in [0.4, 0.5) is 15.9 Å². The van der Waals surface area contributed by atoms with Crippen LogP contribution >= 0.6 is 0 Å². The van der Waals surface area contributed by atoms with Gasteiger partial charge in [-0.15, -0.1) is 0 Å². The first kappa shape index (κ1) is 19.1. The third-order valence-corrected chi connectivity index (χ3v) is 4.38. The number of hydrogen-bond acceptors (Lipinski definition) is 6. The lowest BCUT2D eigenvalue weighted by atomic mass is 10.0. The molecule has 9 heteroatoms. The number of pyridine rings is 1. The number of amides is 1. The van der Waals surface area contributed by atoms with Crippen LogP contribution in [0.25, 0.3) is 11.0 Å². The summed E-state index contributed by atoms with van der Waals surface area (Å²) in [4.78, 5) is 20.5. The molecule has 0 aliphatic carbocycles. The van der Waals surface area contributed by atoms with E-state index in [0.717, 1.165) is 11.6 Å². The van der Waals surface area contributed by atoms with Crippen LogP contribution in [0.2, 0.25) is 0 Å². The summed E-state index contributed by atoms with van der Waals surface area (Å²) in [7, 11) is 1.86. The van der Waals surface area contributed by atoms with Gasteiger partial charge in [-0.05, 0) is 30.2 Å². The van der Waals surface area contributed by atoms with Gasteiger partial charge in [0.05, 0.1) is 35.8 Å². The smallest absolute Gasteiger partial charge is 0.252 e. The number of aryl methyl sites for hydroxylation is 2. The SMILES string of the molecule is CCc1cc(C(=O)NCC#N)cc(F)c1NCc1cc2c(ncn2C)c(N)n1. The van der Waals surface area contributed by atoms with Crippen LogP contribution in [0.1, 0.15) is 28.5 Å². The monoisotopic (exact) mass is 381 g/mol. The highest BCUT2D eigenvalue weighted by molar-refractivity contribution is 5.95. The summed E-state index contributed by atoms with van der Waals surface area (Å²) >= 11 is 0. The predicted molar refractivity (Wildman–Crippen MR) is 104 cm³/mol. The van der Waals surface area contributed by atoms with E-state index in [1.165, 1.54) is 0 Å². The molecule has 0 bridgehead atoms. The number of anilines is 2. The maximum atomic E-state index is 14.7. The van der Waals surface area contributed by atoms with Crippen molar-refractivity contribution in [3.05, 3.63) is 47.2 Å². The van der Waals surface area contributed by atoms with E-state index in [9.17, 15) is 9.18 Å². The fourth-order valence-corrected chi connectivity index (χ4v) is 2.97. The second kappa shape index (κ2) is 7.92. The first-order valence-corrected chi connectivity index (χ1v) is 8.72. The van der Waals surface area contributed by atoms with Crippen LogP contribution in [0, 0.1) is 17.1 Å². The molecule has 0 saturated heterocycles. The molecule has 0 aliphatic heterocycles. The first-order valence-electron chi connectivity index (χ1n) is 8.72. The zero-order valence-corrected chi connectivity index (χ0v) is 15.6. The summed E-state index contributed by atoms with van der Waals surface area (Å²) in [5.41, 5.74) is 9.20. The molecular weight excluding hydrogens is 361 g/mol. The van der Waals surface area contributed by atoms with Crippen molar-refractivity contribution in [2.24, 2.45) is 7.05 Å². The number of nitriles is 1. The normalized spacial score (nSPS) is 10.6. The van der Waals surface area contributed by atoms with Gasteiger partial charge in [-0.3, -0.25) is 4.79 Å². The highest BCUT2D eigenvalue weighted by Gasteiger charge is 2.15. The molecule has 1 aromatic carbocycles. The van der Waals surface area contributed by atoms with Gasteiger partial charge in [-0.1, -0.05) is 6.92 Å². The topological polar surface area (TPSA) is 122 Å². The molecule has 28 heavy (non-hydrogen) atoms. The van der Waals surface area contributed by atoms with E-state index in [4.69, 9.17) is 11.0 Å². The van der Waals surface area contributed by atoms with E-state index in [0.29, 0.717) is 34.7 Å². The van der Waals surface area contributed by atoms with Gasteiger partial charge in [-0.25, -0.2) is 14.4 Å². The van der Waals surface area contributed by atoms with Gasteiger partial charge in [0.25, 0.3) is 5.91 Å². The number of nitrogens with one attached hydrogen (secondary N) is 2. The van der Waals surface area contributed by atoms with E-state index >= 15 is 0 Å². The summed E-state index contributed by atoms with van der Waals surface area (Å²) in [5, 5.41) is 14.0. The van der Waals surface area contributed by atoms with Gasteiger partial charge in [0, 0.05) is 12.6 Å². The molecule has 0 aliphatic rings. The molecule has 0 atom stereocenters. The summed E-state index contributed by atoms with van der Waals surface area (Å²) in [6, 6.07) is 6.43. The van der Waals surface area contributed by atoms with E-state index in [2.05, 4.69) is 20.6 Å². The highest BCUT2D eigenvalue weighted by atomic mass is 19.1. The van der Waals surface area contributed by atoms with Gasteiger partial charge in [-0.2, -0.15) is 5.26 Å². The standard InChI is InChI=1S/C19H20FN7O/c1-3-11-6-12(19(28)23-5-4-21)7-14(20)16(11)24-9-13-8-15-17(18(22)26-13)25-10-27(15)2/h6-8,10,24H,3,5,9H2,1-2H3,(H2,22,26)(H,23,28). The number of nitrogen functional groups attached to an aromatic ring is 1. The molecule has 144 valence electrons. The minimum absolute atomic E-state index is 0.133. The number of aromatic nitrogens is 3. The Morgan fingerprint density at radius 2 is 2.18 bits per heavy atom. The van der Waals surface area contributed by atoms with Crippen LogP contribution in [-0.2, 0) is 20.0 Å². The third-order valence-electron chi connectivity index (χ3n) is 4.38. The highest BCUT2D eigenvalue weighted by Crippen LogP contribution is 2.25. The van der Waals surface area contributed by atoms with Crippen LogP contribution in [-0.4, -0.2) is 27.0 Å². The summed E-state index contributed by atoms with van der Waals surface area (Å²) in [5.74, 6) is -0.718. The van der Waals surface area contributed by atoms with Crippen LogP contribution in [0.15, 0.2) is 24.5 Å². The molecule has 3 aromatic rings. The van der Waals surface area contributed by atoms with Crippen LogP contribution in [0.3, 0.4) is 0 Å². The molecule has 4 N–H and O–H groups in total. The van der Waals surface area contributed by atoms with Crippen molar-refractivity contribution in [2.75, 3.05) is 17.6 Å². The first-order chi connectivity index (χ1) is 13.4. The van der Waals surface area contributed by atoms with Crippen molar-refractivity contribution in [3.63, 3.8) is 0 Å². The van der Waals surface area contributed by atoms with Crippen molar-refractivity contribution in [1.29, 1.82) is 5.26 Å². The lowest BCUT2D eigenvalue weighted by molar-refractivity contribution is 0.0958. The van der Waals surface area contributed by atoms with Gasteiger partial charge in [0.1, 0.15) is 17.9 Å².